The van der Waals surface area contributed by atoms with Gasteiger partial charge in [0, 0.05) is 39.6 Å². The van der Waals surface area contributed by atoms with E-state index in [0.29, 0.717) is 31.5 Å². The molecule has 0 aromatic carbocycles. The van der Waals surface area contributed by atoms with E-state index in [1.165, 1.54) is 0 Å². The van der Waals surface area contributed by atoms with E-state index in [4.69, 9.17) is 19.7 Å². The fourth-order valence-electron chi connectivity index (χ4n) is 2.01. The summed E-state index contributed by atoms with van der Waals surface area (Å²) >= 11 is 0. The Morgan fingerprint density at radius 1 is 1.41 bits per heavy atom. The fraction of sp³-hybridized carbons (Fsp3) is 0.818. The average molecular weight is 241 g/mol. The molecule has 2 rings (SSSR count). The van der Waals surface area contributed by atoms with E-state index in [-0.39, 0.29) is 0 Å². The number of nitrogens with zero attached hydrogens (tertiary/aromatic N) is 2. The van der Waals surface area contributed by atoms with Crippen molar-refractivity contribution in [1.82, 2.24) is 10.1 Å². The van der Waals surface area contributed by atoms with Crippen molar-refractivity contribution in [1.29, 1.82) is 0 Å². The van der Waals surface area contributed by atoms with Crippen LogP contribution in [0.4, 0.5) is 0 Å². The van der Waals surface area contributed by atoms with Crippen molar-refractivity contribution in [2.75, 3.05) is 26.9 Å². The SMILES string of the molecule is COC1(c2noc(CCCN)n2)CCOCC1. The van der Waals surface area contributed by atoms with Gasteiger partial charge in [0.25, 0.3) is 0 Å². The minimum Gasteiger partial charge on any atom is -0.381 e. The molecule has 1 fully saturated rings. The van der Waals surface area contributed by atoms with Gasteiger partial charge in [-0.1, -0.05) is 5.16 Å². The summed E-state index contributed by atoms with van der Waals surface area (Å²) in [4.78, 5) is 4.40. The predicted molar refractivity (Wildman–Crippen MR) is 60.4 cm³/mol. The van der Waals surface area contributed by atoms with E-state index in [0.717, 1.165) is 25.7 Å². The first kappa shape index (κ1) is 12.5. The maximum atomic E-state index is 5.59. The molecule has 1 saturated heterocycles. The van der Waals surface area contributed by atoms with Crippen molar-refractivity contribution in [2.45, 2.75) is 31.3 Å². The van der Waals surface area contributed by atoms with E-state index in [9.17, 15) is 0 Å². The molecule has 2 heterocycles. The average Bonchev–Trinajstić information content (AvgIpc) is 2.86. The van der Waals surface area contributed by atoms with Gasteiger partial charge in [0.1, 0.15) is 5.60 Å². The van der Waals surface area contributed by atoms with Crippen LogP contribution in [-0.2, 0) is 21.5 Å². The van der Waals surface area contributed by atoms with Crippen molar-refractivity contribution in [3.05, 3.63) is 11.7 Å². The zero-order valence-corrected chi connectivity index (χ0v) is 10.1. The second-order valence-electron chi connectivity index (χ2n) is 4.21. The van der Waals surface area contributed by atoms with E-state index in [2.05, 4.69) is 10.1 Å². The van der Waals surface area contributed by atoms with E-state index in [1.807, 2.05) is 0 Å². The Labute approximate surface area is 100 Å². The number of aryl methyl sites for hydroxylation is 1. The second kappa shape index (κ2) is 5.57. The first-order chi connectivity index (χ1) is 8.30. The number of hydrogen-bond acceptors (Lipinski definition) is 6. The number of hydrogen-bond donors (Lipinski definition) is 1. The highest BCUT2D eigenvalue weighted by atomic mass is 16.5. The van der Waals surface area contributed by atoms with Gasteiger partial charge in [0.15, 0.2) is 0 Å². The zero-order valence-electron chi connectivity index (χ0n) is 10.1. The molecule has 17 heavy (non-hydrogen) atoms. The normalized spacial score (nSPS) is 19.4. The Morgan fingerprint density at radius 3 is 2.82 bits per heavy atom. The first-order valence-corrected chi connectivity index (χ1v) is 5.97. The van der Waals surface area contributed by atoms with Crippen LogP contribution >= 0.6 is 0 Å². The maximum Gasteiger partial charge on any atom is 0.226 e. The van der Waals surface area contributed by atoms with Crippen molar-refractivity contribution in [3.8, 4) is 0 Å². The minimum atomic E-state index is -0.442. The molecule has 0 amide bonds. The van der Waals surface area contributed by atoms with Gasteiger partial charge in [0.05, 0.1) is 0 Å². The summed E-state index contributed by atoms with van der Waals surface area (Å²) in [6.07, 6.45) is 3.10. The van der Waals surface area contributed by atoms with Crippen LogP contribution in [0.1, 0.15) is 31.0 Å². The van der Waals surface area contributed by atoms with Crippen molar-refractivity contribution < 1.29 is 14.0 Å². The predicted octanol–water partition coefficient (Wildman–Crippen LogP) is 0.613. The molecule has 1 aliphatic heterocycles. The van der Waals surface area contributed by atoms with Crippen molar-refractivity contribution in [3.63, 3.8) is 0 Å². The molecule has 1 aliphatic rings. The number of methoxy groups -OCH3 is 1. The summed E-state index contributed by atoms with van der Waals surface area (Å²) in [5, 5.41) is 4.03. The van der Waals surface area contributed by atoms with E-state index < -0.39 is 5.60 Å². The third-order valence-corrected chi connectivity index (χ3v) is 3.16. The summed E-state index contributed by atoms with van der Waals surface area (Å²) in [5.74, 6) is 1.27. The summed E-state index contributed by atoms with van der Waals surface area (Å²) in [7, 11) is 1.68. The second-order valence-corrected chi connectivity index (χ2v) is 4.21. The molecule has 0 bridgehead atoms. The van der Waals surface area contributed by atoms with Gasteiger partial charge >= 0.3 is 0 Å². The monoisotopic (exact) mass is 241 g/mol. The zero-order chi connectivity index (χ0) is 12.1. The molecular weight excluding hydrogens is 222 g/mol. The standard InChI is InChI=1S/C11H19N3O3/c1-15-11(4-7-16-8-5-11)10-13-9(17-14-10)3-2-6-12/h2-8,12H2,1H3. The van der Waals surface area contributed by atoms with Gasteiger partial charge in [-0.15, -0.1) is 0 Å². The molecule has 1 aromatic rings. The van der Waals surface area contributed by atoms with Gasteiger partial charge in [-0.2, -0.15) is 4.98 Å². The van der Waals surface area contributed by atoms with Gasteiger partial charge in [-0.25, -0.2) is 0 Å². The van der Waals surface area contributed by atoms with E-state index >= 15 is 0 Å². The van der Waals surface area contributed by atoms with Crippen molar-refractivity contribution >= 4 is 0 Å². The summed E-state index contributed by atoms with van der Waals surface area (Å²) in [6, 6.07) is 0. The topological polar surface area (TPSA) is 83.4 Å². The molecule has 1 aromatic heterocycles. The Balaban J connectivity index is 2.10. The summed E-state index contributed by atoms with van der Waals surface area (Å²) < 4.78 is 16.1. The Hall–Kier alpha value is -0.980. The molecule has 2 N–H and O–H groups in total. The Morgan fingerprint density at radius 2 is 2.18 bits per heavy atom. The van der Waals surface area contributed by atoms with Crippen LogP contribution in [0.2, 0.25) is 0 Å². The van der Waals surface area contributed by atoms with Crippen LogP contribution in [0.5, 0.6) is 0 Å². The lowest BCUT2D eigenvalue weighted by Crippen LogP contribution is -2.36. The quantitative estimate of drug-likeness (QED) is 0.813. The molecule has 6 heteroatoms. The molecule has 96 valence electrons. The molecular formula is C11H19N3O3. The van der Waals surface area contributed by atoms with Crippen LogP contribution < -0.4 is 5.73 Å². The molecule has 0 aliphatic carbocycles. The van der Waals surface area contributed by atoms with Crippen LogP contribution in [0, 0.1) is 0 Å². The third kappa shape index (κ3) is 2.65. The number of ether oxygens (including phenoxy) is 2. The molecule has 0 unspecified atom stereocenters. The lowest BCUT2D eigenvalue weighted by atomic mass is 9.93. The highest BCUT2D eigenvalue weighted by molar-refractivity contribution is 5.03. The number of nitrogens with two attached hydrogens (primary N) is 1. The van der Waals surface area contributed by atoms with Gasteiger partial charge < -0.3 is 19.7 Å². The Bertz CT molecular complexity index is 347. The molecule has 0 atom stereocenters. The Kier molecular flexibility index (Phi) is 4.09. The lowest BCUT2D eigenvalue weighted by molar-refractivity contribution is -0.101. The summed E-state index contributed by atoms with van der Waals surface area (Å²) in [5.41, 5.74) is 5.01. The largest absolute Gasteiger partial charge is 0.381 e. The smallest absolute Gasteiger partial charge is 0.226 e. The molecule has 0 saturated carbocycles. The maximum absolute atomic E-state index is 5.59. The molecule has 0 radical (unpaired) electrons. The van der Waals surface area contributed by atoms with Crippen LogP contribution in [0.3, 0.4) is 0 Å². The van der Waals surface area contributed by atoms with Gasteiger partial charge in [-0.3, -0.25) is 0 Å². The van der Waals surface area contributed by atoms with Crippen molar-refractivity contribution in [2.24, 2.45) is 5.73 Å². The highest BCUT2D eigenvalue weighted by Gasteiger charge is 2.39. The van der Waals surface area contributed by atoms with Crippen LogP contribution in [0.25, 0.3) is 0 Å². The highest BCUT2D eigenvalue weighted by Crippen LogP contribution is 2.33. The van der Waals surface area contributed by atoms with Gasteiger partial charge in [0.2, 0.25) is 11.7 Å². The van der Waals surface area contributed by atoms with Crippen LogP contribution in [0.15, 0.2) is 4.52 Å². The van der Waals surface area contributed by atoms with E-state index in [1.54, 1.807) is 7.11 Å². The first-order valence-electron chi connectivity index (χ1n) is 5.97. The van der Waals surface area contributed by atoms with Crippen LogP contribution in [-0.4, -0.2) is 37.0 Å². The third-order valence-electron chi connectivity index (χ3n) is 3.16. The summed E-state index contributed by atoms with van der Waals surface area (Å²) in [6.45, 7) is 1.96. The minimum absolute atomic E-state index is 0.442. The number of rotatable bonds is 5. The lowest BCUT2D eigenvalue weighted by Gasteiger charge is -2.32. The fourth-order valence-corrected chi connectivity index (χ4v) is 2.01. The number of aromatic nitrogens is 2. The molecule has 0 spiro atoms. The molecule has 6 nitrogen and oxygen atoms in total. The van der Waals surface area contributed by atoms with Gasteiger partial charge in [-0.05, 0) is 13.0 Å².